The van der Waals surface area contributed by atoms with Crippen LogP contribution >= 0.6 is 0 Å². The molecule has 1 N–H and O–H groups in total. The number of hydrogen-bond acceptors (Lipinski definition) is 4. The number of nitrogens with one attached hydrogen (secondary N) is 1. The molecule has 184 valence electrons. The standard InChI is InChI=1S/C12H14F3N3OS.C7H14O.C2H4.CH3.Cr/c1-8-9(2-3-10(17-8)12(13,14)15)20(19)18-6-11(7-18)4-16-5-11;1-2-6-8-7-4-3-5-7;1-2;;/h2-3,16H,4-7H2,1H3;7H,2-6H2,1H3;1-2H2;1H3;/q;;;-1;. The first-order valence-corrected chi connectivity index (χ1v) is 11.4. The molecule has 32 heavy (non-hydrogen) atoms. The fourth-order valence-corrected chi connectivity index (χ4v) is 4.92. The van der Waals surface area contributed by atoms with Gasteiger partial charge in [0, 0.05) is 55.6 Å². The van der Waals surface area contributed by atoms with Crippen LogP contribution in [0.3, 0.4) is 0 Å². The number of alkyl halides is 3. The molecular formula is C22H35CrF3N3O2S-. The Balaban J connectivity index is 0.000000682. The maximum Gasteiger partial charge on any atom is 0.433 e. The van der Waals surface area contributed by atoms with Crippen LogP contribution in [0.1, 0.15) is 44.0 Å². The van der Waals surface area contributed by atoms with E-state index in [9.17, 15) is 17.4 Å². The fourth-order valence-electron chi connectivity index (χ4n) is 3.37. The summed E-state index contributed by atoms with van der Waals surface area (Å²) >= 11 is 0. The maximum atomic E-state index is 12.5. The quantitative estimate of drug-likeness (QED) is 0.463. The van der Waals surface area contributed by atoms with Crippen LogP contribution in [0.5, 0.6) is 0 Å². The Morgan fingerprint density at radius 2 is 1.88 bits per heavy atom. The molecule has 1 aliphatic carbocycles. The van der Waals surface area contributed by atoms with Gasteiger partial charge in [-0.2, -0.15) is 13.2 Å². The van der Waals surface area contributed by atoms with Crippen LogP contribution in [0.25, 0.3) is 0 Å². The topological polar surface area (TPSA) is 54.5 Å². The molecule has 1 spiro atoms. The van der Waals surface area contributed by atoms with E-state index in [1.165, 1.54) is 32.3 Å². The monoisotopic (exact) mass is 514 g/mol. The van der Waals surface area contributed by atoms with Crippen molar-refractivity contribution >= 4 is 11.0 Å². The van der Waals surface area contributed by atoms with Crippen molar-refractivity contribution in [3.63, 3.8) is 0 Å². The third-order valence-corrected chi connectivity index (χ3v) is 6.92. The fraction of sp³-hybridized carbons (Fsp3) is 0.636. The first-order valence-electron chi connectivity index (χ1n) is 10.3. The minimum absolute atomic E-state index is 0. The Bertz CT molecular complexity index is 721. The van der Waals surface area contributed by atoms with E-state index in [2.05, 4.69) is 30.4 Å². The molecule has 0 amide bonds. The molecule has 0 aromatic carbocycles. The maximum absolute atomic E-state index is 12.5. The normalized spacial score (nSPS) is 19.8. The smallest absolute Gasteiger partial charge is 0.378 e. The molecule has 3 aliphatic rings. The van der Waals surface area contributed by atoms with E-state index in [-0.39, 0.29) is 35.9 Å². The van der Waals surface area contributed by atoms with Crippen molar-refractivity contribution in [3.05, 3.63) is 44.1 Å². The van der Waals surface area contributed by atoms with E-state index < -0.39 is 22.9 Å². The van der Waals surface area contributed by atoms with Crippen molar-refractivity contribution in [2.45, 2.75) is 56.7 Å². The summed E-state index contributed by atoms with van der Waals surface area (Å²) in [7, 11) is -1.43. The van der Waals surface area contributed by atoms with Gasteiger partial charge in [0.2, 0.25) is 0 Å². The van der Waals surface area contributed by atoms with Crippen molar-refractivity contribution in [2.75, 3.05) is 32.8 Å². The summed E-state index contributed by atoms with van der Waals surface area (Å²) in [6.45, 7) is 13.8. The summed E-state index contributed by atoms with van der Waals surface area (Å²) in [6.07, 6.45) is 1.32. The molecule has 1 unspecified atom stereocenters. The molecule has 0 bridgehead atoms. The molecule has 4 rings (SSSR count). The van der Waals surface area contributed by atoms with Gasteiger partial charge in [0.15, 0.2) is 0 Å². The number of hydrogen-bond donors (Lipinski definition) is 1. The summed E-state index contributed by atoms with van der Waals surface area (Å²) < 4.78 is 57.1. The van der Waals surface area contributed by atoms with E-state index in [0.717, 1.165) is 32.2 Å². The van der Waals surface area contributed by atoms with Gasteiger partial charge in [-0.05, 0) is 44.7 Å². The van der Waals surface area contributed by atoms with Gasteiger partial charge in [0.1, 0.15) is 16.7 Å². The van der Waals surface area contributed by atoms with Crippen LogP contribution in [0, 0.1) is 19.8 Å². The largest absolute Gasteiger partial charge is 0.433 e. The zero-order valence-electron chi connectivity index (χ0n) is 19.2. The molecule has 10 heteroatoms. The Labute approximate surface area is 203 Å². The van der Waals surface area contributed by atoms with Gasteiger partial charge in [0.05, 0.1) is 16.7 Å². The minimum Gasteiger partial charge on any atom is -0.378 e. The van der Waals surface area contributed by atoms with Crippen LogP contribution in [0.15, 0.2) is 30.2 Å². The molecule has 1 saturated carbocycles. The zero-order valence-corrected chi connectivity index (χ0v) is 21.3. The van der Waals surface area contributed by atoms with Crippen LogP contribution in [-0.2, 0) is 39.3 Å². The van der Waals surface area contributed by atoms with E-state index in [0.29, 0.717) is 24.1 Å². The van der Waals surface area contributed by atoms with Crippen LogP contribution in [0.4, 0.5) is 13.2 Å². The molecular weight excluding hydrogens is 479 g/mol. The predicted octanol–water partition coefficient (Wildman–Crippen LogP) is 4.55. The van der Waals surface area contributed by atoms with Crippen molar-refractivity contribution in [3.8, 4) is 0 Å². The first kappa shape index (κ1) is 31.2. The number of ether oxygens (including phenoxy) is 1. The van der Waals surface area contributed by atoms with Gasteiger partial charge < -0.3 is 17.5 Å². The van der Waals surface area contributed by atoms with Crippen molar-refractivity contribution < 1.29 is 39.5 Å². The van der Waals surface area contributed by atoms with Gasteiger partial charge >= 0.3 is 6.18 Å². The summed E-state index contributed by atoms with van der Waals surface area (Å²) in [5, 5.41) is 3.18. The van der Waals surface area contributed by atoms with Crippen LogP contribution in [0.2, 0.25) is 0 Å². The van der Waals surface area contributed by atoms with Crippen LogP contribution in [-0.4, -0.2) is 52.4 Å². The van der Waals surface area contributed by atoms with E-state index in [1.807, 2.05) is 0 Å². The molecule has 0 radical (unpaired) electrons. The first-order chi connectivity index (χ1) is 14.2. The average Bonchev–Trinajstić information content (AvgIpc) is 2.59. The second-order valence-corrected chi connectivity index (χ2v) is 9.31. The number of halogens is 3. The van der Waals surface area contributed by atoms with Gasteiger partial charge in [-0.1, -0.05) is 6.92 Å². The van der Waals surface area contributed by atoms with Gasteiger partial charge in [-0.25, -0.2) is 13.5 Å². The Kier molecular flexibility index (Phi) is 13.5. The summed E-state index contributed by atoms with van der Waals surface area (Å²) in [5.74, 6) is 0. The Morgan fingerprint density at radius 3 is 2.25 bits per heavy atom. The number of pyridine rings is 1. The molecule has 2 aliphatic heterocycles. The minimum atomic E-state index is -4.47. The van der Waals surface area contributed by atoms with Gasteiger partial charge in [0.25, 0.3) is 0 Å². The van der Waals surface area contributed by atoms with Crippen molar-refractivity contribution in [1.82, 2.24) is 14.6 Å². The van der Waals surface area contributed by atoms with Gasteiger partial charge in [-0.3, -0.25) is 0 Å². The number of aromatic nitrogens is 1. The molecule has 3 heterocycles. The molecule has 3 fully saturated rings. The summed E-state index contributed by atoms with van der Waals surface area (Å²) in [6, 6.07) is 2.16. The van der Waals surface area contributed by atoms with Crippen LogP contribution < -0.4 is 5.32 Å². The summed E-state index contributed by atoms with van der Waals surface area (Å²) in [4.78, 5) is 3.88. The Hall–Kier alpha value is -0.758. The van der Waals surface area contributed by atoms with Crippen molar-refractivity contribution in [1.29, 1.82) is 0 Å². The molecule has 5 nitrogen and oxygen atoms in total. The van der Waals surface area contributed by atoms with E-state index in [1.54, 1.807) is 4.31 Å². The third kappa shape index (κ3) is 7.93. The Morgan fingerprint density at radius 1 is 1.28 bits per heavy atom. The van der Waals surface area contributed by atoms with Crippen molar-refractivity contribution in [2.24, 2.45) is 5.41 Å². The second-order valence-electron chi connectivity index (χ2n) is 7.85. The van der Waals surface area contributed by atoms with E-state index >= 15 is 0 Å². The third-order valence-electron chi connectivity index (χ3n) is 5.38. The summed E-state index contributed by atoms with van der Waals surface area (Å²) in [5.41, 5.74) is -0.548. The molecule has 1 atom stereocenters. The molecule has 2 saturated heterocycles. The van der Waals surface area contributed by atoms with Gasteiger partial charge in [-0.15, -0.1) is 13.2 Å². The SMILES string of the molecule is C=C.CCCOC1CCC1.Cc1nc(C(F)(F)F)ccc1S(=O)N1CC2(CNC2)C1.[CH3-].[Cr]. The molecule has 1 aromatic rings. The second kappa shape index (κ2) is 13.8. The average molecular weight is 515 g/mol. The number of nitrogens with zero attached hydrogens (tertiary/aromatic N) is 2. The predicted molar refractivity (Wildman–Crippen MR) is 119 cm³/mol. The van der Waals surface area contributed by atoms with E-state index in [4.69, 9.17) is 4.74 Å². The number of rotatable bonds is 5. The molecule has 1 aromatic heterocycles. The zero-order chi connectivity index (χ0) is 22.4. The number of aryl methyl sites for hydroxylation is 1.